The molecule has 1 aliphatic rings. The minimum absolute atomic E-state index is 0.0807. The molecule has 144 valence electrons. The van der Waals surface area contributed by atoms with E-state index in [1.54, 1.807) is 19.1 Å². The van der Waals surface area contributed by atoms with E-state index in [0.29, 0.717) is 27.9 Å². The molecular formula is C21H19FN2O3S. The maximum absolute atomic E-state index is 13.0. The molecule has 2 heterocycles. The van der Waals surface area contributed by atoms with Crippen LogP contribution in [-0.4, -0.2) is 23.5 Å². The zero-order valence-corrected chi connectivity index (χ0v) is 16.1. The Morgan fingerprint density at radius 1 is 1.29 bits per heavy atom. The zero-order chi connectivity index (χ0) is 19.5. The number of para-hydroxylation sites is 1. The summed E-state index contributed by atoms with van der Waals surface area (Å²) in [4.78, 5) is 17.7. The van der Waals surface area contributed by atoms with Crippen molar-refractivity contribution in [1.29, 1.82) is 0 Å². The van der Waals surface area contributed by atoms with Gasteiger partial charge in [-0.1, -0.05) is 18.2 Å². The molecular weight excluding hydrogens is 379 g/mol. The Labute approximate surface area is 166 Å². The number of aryl methyl sites for hydroxylation is 1. The van der Waals surface area contributed by atoms with Crippen molar-refractivity contribution in [1.82, 2.24) is 10.3 Å². The Kier molecular flexibility index (Phi) is 5.25. The average molecular weight is 398 g/mol. The Bertz CT molecular complexity index is 988. The van der Waals surface area contributed by atoms with Crippen LogP contribution in [0.2, 0.25) is 0 Å². The van der Waals surface area contributed by atoms with Crippen LogP contribution >= 0.6 is 11.3 Å². The van der Waals surface area contributed by atoms with Crippen LogP contribution in [0.15, 0.2) is 48.5 Å². The summed E-state index contributed by atoms with van der Waals surface area (Å²) < 4.78 is 24.3. The molecule has 5 nitrogen and oxygen atoms in total. The molecule has 0 spiro atoms. The maximum Gasteiger partial charge on any atom is 0.263 e. The highest BCUT2D eigenvalue weighted by molar-refractivity contribution is 7.13. The number of amides is 1. The standard InChI is InChI=1S/C21H19FN2O3S/c1-13-20(28-19(23-13)12-26-17-8-6-15(22)7-9-17)21(25)24-16-10-14-4-2-3-5-18(14)27-11-16/h2-9,16H,10-12H2,1H3,(H,24,25)/t16-/m0/s1. The van der Waals surface area contributed by atoms with Crippen LogP contribution in [-0.2, 0) is 13.0 Å². The fraction of sp³-hybridized carbons (Fsp3) is 0.238. The van der Waals surface area contributed by atoms with Crippen LogP contribution in [0.5, 0.6) is 11.5 Å². The van der Waals surface area contributed by atoms with Crippen molar-refractivity contribution in [2.24, 2.45) is 0 Å². The van der Waals surface area contributed by atoms with E-state index >= 15 is 0 Å². The summed E-state index contributed by atoms with van der Waals surface area (Å²) in [5, 5.41) is 3.73. The minimum Gasteiger partial charge on any atom is -0.491 e. The number of nitrogens with one attached hydrogen (secondary N) is 1. The van der Waals surface area contributed by atoms with E-state index in [2.05, 4.69) is 10.3 Å². The lowest BCUT2D eigenvalue weighted by atomic mass is 10.0. The molecule has 0 fully saturated rings. The predicted molar refractivity (Wildman–Crippen MR) is 104 cm³/mol. The van der Waals surface area contributed by atoms with Gasteiger partial charge in [0, 0.05) is 0 Å². The Hall–Kier alpha value is -2.93. The number of benzene rings is 2. The van der Waals surface area contributed by atoms with Gasteiger partial charge >= 0.3 is 0 Å². The molecule has 28 heavy (non-hydrogen) atoms. The van der Waals surface area contributed by atoms with Gasteiger partial charge in [0.1, 0.15) is 40.4 Å². The molecule has 4 rings (SSSR count). The van der Waals surface area contributed by atoms with Crippen molar-refractivity contribution in [2.45, 2.75) is 26.0 Å². The number of hydrogen-bond acceptors (Lipinski definition) is 5. The third-order valence-electron chi connectivity index (χ3n) is 4.44. The molecule has 2 aromatic carbocycles. The second-order valence-electron chi connectivity index (χ2n) is 6.56. The molecule has 0 saturated carbocycles. The number of halogens is 1. The summed E-state index contributed by atoms with van der Waals surface area (Å²) in [6.45, 7) is 2.48. The van der Waals surface area contributed by atoms with Crippen molar-refractivity contribution in [3.8, 4) is 11.5 Å². The van der Waals surface area contributed by atoms with Gasteiger partial charge in [0.15, 0.2) is 0 Å². The van der Waals surface area contributed by atoms with Crippen LogP contribution in [0.1, 0.15) is 25.9 Å². The van der Waals surface area contributed by atoms with Gasteiger partial charge in [-0.25, -0.2) is 9.37 Å². The van der Waals surface area contributed by atoms with Gasteiger partial charge in [0.2, 0.25) is 0 Å². The molecule has 0 bridgehead atoms. The molecule has 0 radical (unpaired) electrons. The van der Waals surface area contributed by atoms with E-state index in [-0.39, 0.29) is 24.4 Å². The first-order valence-electron chi connectivity index (χ1n) is 8.95. The molecule has 3 aromatic rings. The Morgan fingerprint density at radius 2 is 2.07 bits per heavy atom. The second kappa shape index (κ2) is 7.98. The van der Waals surface area contributed by atoms with Gasteiger partial charge in [0.25, 0.3) is 5.91 Å². The van der Waals surface area contributed by atoms with E-state index in [9.17, 15) is 9.18 Å². The topological polar surface area (TPSA) is 60.5 Å². The SMILES string of the molecule is Cc1nc(COc2ccc(F)cc2)sc1C(=O)N[C@@H]1COc2ccccc2C1. The fourth-order valence-corrected chi connectivity index (χ4v) is 3.95. The van der Waals surface area contributed by atoms with Crippen molar-refractivity contribution in [2.75, 3.05) is 6.61 Å². The van der Waals surface area contributed by atoms with Crippen molar-refractivity contribution in [3.63, 3.8) is 0 Å². The maximum atomic E-state index is 13.0. The van der Waals surface area contributed by atoms with Crippen LogP contribution in [0.3, 0.4) is 0 Å². The number of fused-ring (bicyclic) bond motifs is 1. The lowest BCUT2D eigenvalue weighted by Gasteiger charge is -2.25. The number of nitrogens with zero attached hydrogens (tertiary/aromatic N) is 1. The minimum atomic E-state index is -0.314. The molecule has 7 heteroatoms. The van der Waals surface area contributed by atoms with E-state index in [1.165, 1.54) is 23.5 Å². The molecule has 0 unspecified atom stereocenters. The van der Waals surface area contributed by atoms with Crippen LogP contribution < -0.4 is 14.8 Å². The molecule has 1 aromatic heterocycles. The predicted octanol–water partition coefficient (Wildman–Crippen LogP) is 3.90. The largest absolute Gasteiger partial charge is 0.491 e. The number of carbonyl (C=O) groups excluding carboxylic acids is 1. The highest BCUT2D eigenvalue weighted by Crippen LogP contribution is 2.25. The first-order valence-corrected chi connectivity index (χ1v) is 9.76. The van der Waals surface area contributed by atoms with E-state index < -0.39 is 0 Å². The van der Waals surface area contributed by atoms with Crippen LogP contribution in [0.4, 0.5) is 4.39 Å². The fourth-order valence-electron chi connectivity index (χ4n) is 3.07. The lowest BCUT2D eigenvalue weighted by molar-refractivity contribution is 0.0918. The number of carbonyl (C=O) groups is 1. The second-order valence-corrected chi connectivity index (χ2v) is 7.64. The van der Waals surface area contributed by atoms with Gasteiger partial charge in [-0.05, 0) is 49.2 Å². The molecule has 0 saturated heterocycles. The van der Waals surface area contributed by atoms with Crippen LogP contribution in [0, 0.1) is 12.7 Å². The molecule has 1 atom stereocenters. The third-order valence-corrected chi connectivity index (χ3v) is 5.57. The van der Waals surface area contributed by atoms with Gasteiger partial charge < -0.3 is 14.8 Å². The van der Waals surface area contributed by atoms with Gasteiger partial charge in [-0.15, -0.1) is 11.3 Å². The molecule has 0 aliphatic carbocycles. The van der Waals surface area contributed by atoms with E-state index in [1.807, 2.05) is 24.3 Å². The number of ether oxygens (including phenoxy) is 2. The van der Waals surface area contributed by atoms with Gasteiger partial charge in [0.05, 0.1) is 11.7 Å². The molecule has 1 aliphatic heterocycles. The molecule has 1 amide bonds. The van der Waals surface area contributed by atoms with E-state index in [0.717, 1.165) is 17.7 Å². The van der Waals surface area contributed by atoms with Crippen molar-refractivity contribution < 1.29 is 18.7 Å². The summed E-state index contributed by atoms with van der Waals surface area (Å²) in [5.74, 6) is 0.960. The van der Waals surface area contributed by atoms with Crippen molar-refractivity contribution in [3.05, 3.63) is 75.5 Å². The summed E-state index contributed by atoms with van der Waals surface area (Å²) in [5.41, 5.74) is 1.76. The highest BCUT2D eigenvalue weighted by atomic mass is 32.1. The Balaban J connectivity index is 1.38. The summed E-state index contributed by atoms with van der Waals surface area (Å²) >= 11 is 1.30. The quantitative estimate of drug-likeness (QED) is 0.708. The lowest BCUT2D eigenvalue weighted by Crippen LogP contribution is -2.42. The highest BCUT2D eigenvalue weighted by Gasteiger charge is 2.23. The number of aromatic nitrogens is 1. The summed E-state index contributed by atoms with van der Waals surface area (Å²) in [6.07, 6.45) is 0.736. The van der Waals surface area contributed by atoms with E-state index in [4.69, 9.17) is 9.47 Å². The molecule has 1 N–H and O–H groups in total. The normalized spacial score (nSPS) is 15.4. The van der Waals surface area contributed by atoms with Crippen molar-refractivity contribution >= 4 is 17.2 Å². The first kappa shape index (κ1) is 18.4. The monoisotopic (exact) mass is 398 g/mol. The van der Waals surface area contributed by atoms with Crippen LogP contribution in [0.25, 0.3) is 0 Å². The Morgan fingerprint density at radius 3 is 2.89 bits per heavy atom. The third kappa shape index (κ3) is 4.14. The average Bonchev–Trinajstić information content (AvgIpc) is 3.08. The zero-order valence-electron chi connectivity index (χ0n) is 15.3. The smallest absolute Gasteiger partial charge is 0.263 e. The van der Waals surface area contributed by atoms with Gasteiger partial charge in [-0.2, -0.15) is 0 Å². The first-order chi connectivity index (χ1) is 13.6. The number of rotatable bonds is 5. The number of thiazole rings is 1. The summed E-state index contributed by atoms with van der Waals surface area (Å²) in [6, 6.07) is 13.6. The summed E-state index contributed by atoms with van der Waals surface area (Å²) in [7, 11) is 0. The van der Waals surface area contributed by atoms with Gasteiger partial charge in [-0.3, -0.25) is 4.79 Å². The number of hydrogen-bond donors (Lipinski definition) is 1.